The molecule has 1 aliphatic heterocycles. The molecule has 1 N–H and O–H groups in total. The molecule has 2 heterocycles. The molecule has 0 bridgehead atoms. The quantitative estimate of drug-likeness (QED) is 0.772. The van der Waals surface area contributed by atoms with Gasteiger partial charge in [0.1, 0.15) is 5.56 Å². The molecule has 1 aromatic rings. The van der Waals surface area contributed by atoms with Crippen molar-refractivity contribution in [3.63, 3.8) is 0 Å². The molecular weight excluding hydrogens is 199 g/mol. The van der Waals surface area contributed by atoms with Gasteiger partial charge < -0.3 is 5.11 Å². The van der Waals surface area contributed by atoms with Crippen LogP contribution < -0.4 is 0 Å². The molecule has 0 radical (unpaired) electrons. The van der Waals surface area contributed by atoms with Crippen molar-refractivity contribution in [1.82, 2.24) is 9.78 Å². The van der Waals surface area contributed by atoms with Gasteiger partial charge in [0.2, 0.25) is 5.95 Å². The zero-order valence-corrected chi connectivity index (χ0v) is 8.37. The molecule has 0 saturated carbocycles. The van der Waals surface area contributed by atoms with E-state index in [0.29, 0.717) is 18.7 Å². The number of carbonyl (C=O) groups is 1. The van der Waals surface area contributed by atoms with Gasteiger partial charge in [0.05, 0.1) is 5.69 Å². The van der Waals surface area contributed by atoms with Crippen molar-refractivity contribution in [1.29, 1.82) is 0 Å². The van der Waals surface area contributed by atoms with Gasteiger partial charge in [-0.05, 0) is 19.3 Å². The van der Waals surface area contributed by atoms with Crippen molar-refractivity contribution >= 4 is 5.97 Å². The van der Waals surface area contributed by atoms with E-state index in [0.717, 1.165) is 25.7 Å². The SMILES string of the molecule is O=C(O)c1c(F)nn2c1CCCCCC2. The van der Waals surface area contributed by atoms with Gasteiger partial charge in [-0.3, -0.25) is 4.68 Å². The van der Waals surface area contributed by atoms with Crippen molar-refractivity contribution in [3.05, 3.63) is 17.2 Å². The second-order valence-corrected chi connectivity index (χ2v) is 3.81. The Morgan fingerprint density at radius 2 is 2.07 bits per heavy atom. The molecule has 0 unspecified atom stereocenters. The molecule has 0 fully saturated rings. The molecule has 1 aliphatic rings. The molecule has 4 nitrogen and oxygen atoms in total. The van der Waals surface area contributed by atoms with Crippen LogP contribution in [0.1, 0.15) is 41.7 Å². The number of nitrogens with zero attached hydrogens (tertiary/aromatic N) is 2. The van der Waals surface area contributed by atoms with Gasteiger partial charge in [0, 0.05) is 6.54 Å². The molecule has 0 spiro atoms. The molecular formula is C10H13FN2O2. The van der Waals surface area contributed by atoms with Crippen molar-refractivity contribution < 1.29 is 14.3 Å². The molecule has 2 rings (SSSR count). The predicted molar refractivity (Wildman–Crippen MR) is 51.3 cm³/mol. The van der Waals surface area contributed by atoms with Gasteiger partial charge in [-0.15, -0.1) is 5.10 Å². The molecule has 0 aromatic carbocycles. The number of carboxylic acid groups (broad SMARTS) is 1. The van der Waals surface area contributed by atoms with Crippen LogP contribution in [0.3, 0.4) is 0 Å². The summed E-state index contributed by atoms with van der Waals surface area (Å²) in [5, 5.41) is 12.5. The van der Waals surface area contributed by atoms with E-state index < -0.39 is 11.9 Å². The van der Waals surface area contributed by atoms with Crippen LogP contribution in [0.5, 0.6) is 0 Å². The highest BCUT2D eigenvalue weighted by atomic mass is 19.1. The summed E-state index contributed by atoms with van der Waals surface area (Å²) in [5.74, 6) is -2.06. The summed E-state index contributed by atoms with van der Waals surface area (Å²) < 4.78 is 14.8. The third kappa shape index (κ3) is 1.86. The Hall–Kier alpha value is -1.39. The second kappa shape index (κ2) is 4.00. The van der Waals surface area contributed by atoms with E-state index in [1.807, 2.05) is 0 Å². The van der Waals surface area contributed by atoms with Crippen LogP contribution in [0.4, 0.5) is 4.39 Å². The monoisotopic (exact) mass is 212 g/mol. The maximum atomic E-state index is 13.3. The van der Waals surface area contributed by atoms with Gasteiger partial charge in [-0.1, -0.05) is 12.8 Å². The molecule has 0 aliphatic carbocycles. The number of halogens is 1. The minimum atomic E-state index is -1.21. The Kier molecular flexibility index (Phi) is 2.70. The van der Waals surface area contributed by atoms with Crippen molar-refractivity contribution in [2.45, 2.75) is 38.6 Å². The zero-order valence-electron chi connectivity index (χ0n) is 8.37. The Morgan fingerprint density at radius 3 is 2.80 bits per heavy atom. The fraction of sp³-hybridized carbons (Fsp3) is 0.600. The highest BCUT2D eigenvalue weighted by molar-refractivity contribution is 5.89. The first-order valence-electron chi connectivity index (χ1n) is 5.18. The number of fused-ring (bicyclic) bond motifs is 1. The minimum Gasteiger partial charge on any atom is -0.477 e. The van der Waals surface area contributed by atoms with E-state index in [4.69, 9.17) is 5.11 Å². The van der Waals surface area contributed by atoms with Crippen molar-refractivity contribution in [2.75, 3.05) is 0 Å². The molecule has 1 aromatic heterocycles. The molecule has 0 amide bonds. The van der Waals surface area contributed by atoms with Crippen molar-refractivity contribution in [2.24, 2.45) is 0 Å². The Labute approximate surface area is 86.7 Å². The van der Waals surface area contributed by atoms with Gasteiger partial charge in [-0.2, -0.15) is 4.39 Å². The molecule has 15 heavy (non-hydrogen) atoms. The highest BCUT2D eigenvalue weighted by Gasteiger charge is 2.23. The normalized spacial score (nSPS) is 16.6. The Bertz CT molecular complexity index is 387. The molecule has 82 valence electrons. The van der Waals surface area contributed by atoms with Crippen LogP contribution in [-0.2, 0) is 13.0 Å². The lowest BCUT2D eigenvalue weighted by molar-refractivity contribution is 0.0690. The van der Waals surface area contributed by atoms with E-state index in [1.165, 1.54) is 4.68 Å². The van der Waals surface area contributed by atoms with Crippen LogP contribution in [0, 0.1) is 5.95 Å². The maximum absolute atomic E-state index is 13.3. The van der Waals surface area contributed by atoms with E-state index in [9.17, 15) is 9.18 Å². The summed E-state index contributed by atoms with van der Waals surface area (Å²) in [7, 11) is 0. The smallest absolute Gasteiger partial charge is 0.342 e. The number of aryl methyl sites for hydroxylation is 1. The molecule has 0 atom stereocenters. The van der Waals surface area contributed by atoms with E-state index in [1.54, 1.807) is 0 Å². The third-order valence-corrected chi connectivity index (χ3v) is 2.76. The summed E-state index contributed by atoms with van der Waals surface area (Å²) in [6, 6.07) is 0. The third-order valence-electron chi connectivity index (χ3n) is 2.76. The summed E-state index contributed by atoms with van der Waals surface area (Å²) in [5.41, 5.74) is 0.302. The van der Waals surface area contributed by atoms with Crippen LogP contribution in [0.15, 0.2) is 0 Å². The van der Waals surface area contributed by atoms with Crippen LogP contribution in [-0.4, -0.2) is 20.9 Å². The second-order valence-electron chi connectivity index (χ2n) is 3.81. The highest BCUT2D eigenvalue weighted by Crippen LogP contribution is 2.20. The molecule has 5 heteroatoms. The summed E-state index contributed by atoms with van der Waals surface area (Å²) in [6.45, 7) is 0.625. The Morgan fingerprint density at radius 1 is 1.33 bits per heavy atom. The van der Waals surface area contributed by atoms with Gasteiger partial charge in [-0.25, -0.2) is 4.79 Å². The maximum Gasteiger partial charge on any atom is 0.342 e. The summed E-state index contributed by atoms with van der Waals surface area (Å²) in [4.78, 5) is 10.9. The first-order chi connectivity index (χ1) is 7.20. The van der Waals surface area contributed by atoms with Crippen LogP contribution >= 0.6 is 0 Å². The van der Waals surface area contributed by atoms with Gasteiger partial charge in [0.15, 0.2) is 0 Å². The topological polar surface area (TPSA) is 55.1 Å². The van der Waals surface area contributed by atoms with Gasteiger partial charge in [0.25, 0.3) is 0 Å². The number of aromatic nitrogens is 2. The van der Waals surface area contributed by atoms with E-state index in [2.05, 4.69) is 5.10 Å². The first kappa shape index (κ1) is 10.1. The average molecular weight is 212 g/mol. The Balaban J connectivity index is 2.43. The van der Waals surface area contributed by atoms with E-state index in [-0.39, 0.29) is 5.56 Å². The number of aromatic carboxylic acids is 1. The lowest BCUT2D eigenvalue weighted by Crippen LogP contribution is -2.10. The number of hydrogen-bond donors (Lipinski definition) is 1. The fourth-order valence-electron chi connectivity index (χ4n) is 2.02. The first-order valence-corrected chi connectivity index (χ1v) is 5.18. The summed E-state index contributed by atoms with van der Waals surface area (Å²) in [6.07, 6.45) is 4.63. The molecule has 0 saturated heterocycles. The number of carboxylic acids is 1. The summed E-state index contributed by atoms with van der Waals surface area (Å²) >= 11 is 0. The zero-order chi connectivity index (χ0) is 10.8. The van der Waals surface area contributed by atoms with Crippen LogP contribution in [0.25, 0.3) is 0 Å². The fourth-order valence-corrected chi connectivity index (χ4v) is 2.02. The van der Waals surface area contributed by atoms with Crippen LogP contribution in [0.2, 0.25) is 0 Å². The number of hydrogen-bond acceptors (Lipinski definition) is 2. The van der Waals surface area contributed by atoms with E-state index >= 15 is 0 Å². The predicted octanol–water partition coefficient (Wildman–Crippen LogP) is 1.84. The lowest BCUT2D eigenvalue weighted by atomic mass is 10.1. The lowest BCUT2D eigenvalue weighted by Gasteiger charge is -2.11. The average Bonchev–Trinajstić information content (AvgIpc) is 2.42. The standard InChI is InChI=1S/C10H13FN2O2/c11-9-8(10(14)15)7-5-3-1-2-4-6-13(7)12-9/h1-6H2,(H,14,15). The van der Waals surface area contributed by atoms with Crippen molar-refractivity contribution in [3.8, 4) is 0 Å². The number of rotatable bonds is 1. The largest absolute Gasteiger partial charge is 0.477 e. The minimum absolute atomic E-state index is 0.239. The van der Waals surface area contributed by atoms with Gasteiger partial charge >= 0.3 is 5.97 Å².